The smallest absolute Gasteiger partial charge is 0.258 e. The van der Waals surface area contributed by atoms with E-state index >= 15 is 0 Å². The third-order valence-electron chi connectivity index (χ3n) is 8.00. The average molecular weight is 519 g/mol. The lowest BCUT2D eigenvalue weighted by Gasteiger charge is -2.13. The Kier molecular flexibility index (Phi) is 5.49. The Labute approximate surface area is 229 Å². The number of fused-ring (bicyclic) bond motifs is 8. The molecule has 0 unspecified atom stereocenters. The fraction of sp³-hybridized carbons (Fsp3) is 0.0556. The second-order valence-corrected chi connectivity index (χ2v) is 10.1. The van der Waals surface area contributed by atoms with E-state index in [0.717, 1.165) is 43.1 Å². The van der Waals surface area contributed by atoms with Gasteiger partial charge in [-0.1, -0.05) is 97.1 Å². The Bertz CT molecular complexity index is 2170. The first-order valence-electron chi connectivity index (χ1n) is 13.3. The van der Waals surface area contributed by atoms with Gasteiger partial charge in [0.1, 0.15) is 0 Å². The Morgan fingerprint density at radius 3 is 0.875 bits per heavy atom. The Morgan fingerprint density at radius 1 is 0.350 bits per heavy atom. The normalized spacial score (nSPS) is 11.4. The minimum Gasteiger partial charge on any atom is -0.309 e. The summed E-state index contributed by atoms with van der Waals surface area (Å²) in [5.74, 6) is 0. The van der Waals surface area contributed by atoms with E-state index in [1.807, 2.05) is 97.1 Å². The molecular weight excluding hydrogens is 492 g/mol. The van der Waals surface area contributed by atoms with E-state index in [1.165, 1.54) is 0 Å². The van der Waals surface area contributed by atoms with Gasteiger partial charge in [0.05, 0.1) is 11.0 Å². The van der Waals surface area contributed by atoms with Crippen LogP contribution in [0.2, 0.25) is 0 Å². The van der Waals surface area contributed by atoms with E-state index in [0.29, 0.717) is 21.8 Å². The lowest BCUT2D eigenvalue weighted by molar-refractivity contribution is 0.888. The Hall–Kier alpha value is -5.22. The van der Waals surface area contributed by atoms with E-state index < -0.39 is 0 Å². The molecule has 1 aromatic heterocycles. The number of hydrogen-bond donors (Lipinski definition) is 0. The van der Waals surface area contributed by atoms with E-state index in [2.05, 4.69) is 24.3 Å². The molecule has 4 nitrogen and oxygen atoms in total. The summed E-state index contributed by atoms with van der Waals surface area (Å²) in [4.78, 5) is 28.5. The molecule has 0 fully saturated rings. The summed E-state index contributed by atoms with van der Waals surface area (Å²) >= 11 is 0. The van der Waals surface area contributed by atoms with Crippen molar-refractivity contribution in [2.75, 3.05) is 0 Å². The molecule has 0 amide bonds. The van der Waals surface area contributed by atoms with Crippen LogP contribution in [0, 0.1) is 0 Å². The molecule has 0 aliphatic rings. The van der Waals surface area contributed by atoms with Gasteiger partial charge in [0.15, 0.2) is 0 Å². The molecule has 0 aliphatic carbocycles. The maximum atomic E-state index is 14.3. The molecule has 0 N–H and O–H groups in total. The topological polar surface area (TPSA) is 44.0 Å². The first-order valence-corrected chi connectivity index (χ1v) is 13.3. The predicted octanol–water partition coefficient (Wildman–Crippen LogP) is 7.69. The molecule has 0 saturated heterocycles. The van der Waals surface area contributed by atoms with Crippen LogP contribution in [0.15, 0.2) is 131 Å². The molecule has 0 saturated carbocycles. The van der Waals surface area contributed by atoms with Gasteiger partial charge in [-0.05, 0) is 67.4 Å². The monoisotopic (exact) mass is 518 g/mol. The molecule has 7 aromatic rings. The van der Waals surface area contributed by atoms with Crippen molar-refractivity contribution in [2.45, 2.75) is 0 Å². The van der Waals surface area contributed by atoms with Crippen LogP contribution < -0.4 is 11.1 Å². The van der Waals surface area contributed by atoms with Crippen LogP contribution >= 0.6 is 0 Å². The Morgan fingerprint density at radius 2 is 0.575 bits per heavy atom. The quantitative estimate of drug-likeness (QED) is 0.193. The molecule has 192 valence electrons. The van der Waals surface area contributed by atoms with Crippen molar-refractivity contribution >= 4 is 64.9 Å². The molecule has 0 radical (unpaired) electrons. The summed E-state index contributed by atoms with van der Waals surface area (Å²) in [6.45, 7) is 0. The molecule has 6 aromatic carbocycles. The van der Waals surface area contributed by atoms with Crippen molar-refractivity contribution in [1.29, 1.82) is 0 Å². The zero-order chi connectivity index (χ0) is 27.4. The van der Waals surface area contributed by atoms with Crippen LogP contribution in [-0.4, -0.2) is 9.13 Å². The SMILES string of the molecule is Cn1c(=O)c2ccccc2c2c3ccccc3c(c3ccccc3c(=O)n(C)c3ccccc31)c1ccccc12. The lowest BCUT2D eigenvalue weighted by atomic mass is 9.91. The highest BCUT2D eigenvalue weighted by molar-refractivity contribution is 6.34. The van der Waals surface area contributed by atoms with Gasteiger partial charge in [-0.3, -0.25) is 9.59 Å². The first-order chi connectivity index (χ1) is 19.6. The van der Waals surface area contributed by atoms with Gasteiger partial charge in [-0.25, -0.2) is 0 Å². The number of benzene rings is 6. The standard InChI is InChI=1S/C36H26N2O2/c1-37-31-21-11-12-22-32(31)38(2)36(40)30-20-10-8-18-28(30)34-25-15-5-3-13-23(25)33(24-14-4-6-16-26(24)34)27-17-7-9-19-29(27)35(37)39/h3-22H,1-2H3. The van der Waals surface area contributed by atoms with Crippen LogP contribution in [0.3, 0.4) is 0 Å². The predicted molar refractivity (Wildman–Crippen MR) is 168 cm³/mol. The van der Waals surface area contributed by atoms with Crippen LogP contribution in [0.1, 0.15) is 0 Å². The molecular formula is C36H26N2O2. The maximum Gasteiger partial charge on any atom is 0.258 e. The van der Waals surface area contributed by atoms with Gasteiger partial charge < -0.3 is 9.13 Å². The van der Waals surface area contributed by atoms with Crippen molar-refractivity contribution in [2.24, 2.45) is 14.1 Å². The van der Waals surface area contributed by atoms with E-state index in [4.69, 9.17) is 0 Å². The molecule has 0 atom stereocenters. The maximum absolute atomic E-state index is 14.3. The number of hydrogen-bond acceptors (Lipinski definition) is 2. The fourth-order valence-electron chi connectivity index (χ4n) is 6.10. The van der Waals surface area contributed by atoms with Crippen LogP contribution in [-0.2, 0) is 14.1 Å². The number of rotatable bonds is 0. The van der Waals surface area contributed by atoms with Crippen molar-refractivity contribution in [1.82, 2.24) is 9.13 Å². The second-order valence-electron chi connectivity index (χ2n) is 10.1. The summed E-state index contributed by atoms with van der Waals surface area (Å²) in [5, 5.41) is 9.13. The van der Waals surface area contributed by atoms with Gasteiger partial charge in [0.2, 0.25) is 0 Å². The van der Waals surface area contributed by atoms with Crippen molar-refractivity contribution < 1.29 is 0 Å². The van der Waals surface area contributed by atoms with Gasteiger partial charge in [0.25, 0.3) is 11.1 Å². The molecule has 40 heavy (non-hydrogen) atoms. The van der Waals surface area contributed by atoms with Crippen molar-refractivity contribution in [3.8, 4) is 0 Å². The van der Waals surface area contributed by atoms with Crippen molar-refractivity contribution in [3.05, 3.63) is 142 Å². The largest absolute Gasteiger partial charge is 0.309 e. The summed E-state index contributed by atoms with van der Waals surface area (Å²) in [7, 11) is 3.55. The van der Waals surface area contributed by atoms with E-state index in [9.17, 15) is 9.59 Å². The van der Waals surface area contributed by atoms with Crippen LogP contribution in [0.25, 0.3) is 64.9 Å². The molecule has 7 rings (SSSR count). The highest BCUT2D eigenvalue weighted by Crippen LogP contribution is 2.39. The van der Waals surface area contributed by atoms with Gasteiger partial charge in [0, 0.05) is 24.9 Å². The second kappa shape index (κ2) is 9.21. The number of nitrogens with zero attached hydrogens (tertiary/aromatic N) is 2. The summed E-state index contributed by atoms with van der Waals surface area (Å²) in [5.41, 5.74) is 1.05. The summed E-state index contributed by atoms with van der Waals surface area (Å²) < 4.78 is 3.29. The van der Waals surface area contributed by atoms with Crippen molar-refractivity contribution in [3.63, 3.8) is 0 Å². The molecule has 2 bridgehead atoms. The summed E-state index contributed by atoms with van der Waals surface area (Å²) in [6.07, 6.45) is 0. The van der Waals surface area contributed by atoms with Crippen LogP contribution in [0.4, 0.5) is 0 Å². The van der Waals surface area contributed by atoms with E-state index in [1.54, 1.807) is 23.2 Å². The van der Waals surface area contributed by atoms with Crippen LogP contribution in [0.5, 0.6) is 0 Å². The lowest BCUT2D eigenvalue weighted by Crippen LogP contribution is -2.18. The minimum absolute atomic E-state index is 0.140. The molecule has 1 heterocycles. The van der Waals surface area contributed by atoms with Gasteiger partial charge in [-0.2, -0.15) is 0 Å². The molecule has 4 heteroatoms. The highest BCUT2D eigenvalue weighted by Gasteiger charge is 2.13. The molecule has 0 spiro atoms. The fourth-order valence-corrected chi connectivity index (χ4v) is 6.10. The summed E-state index contributed by atoms with van der Waals surface area (Å²) in [6, 6.07) is 39.8. The third kappa shape index (κ3) is 3.46. The van der Waals surface area contributed by atoms with Gasteiger partial charge >= 0.3 is 0 Å². The molecule has 0 aliphatic heterocycles. The number of para-hydroxylation sites is 2. The number of aromatic nitrogens is 2. The highest BCUT2D eigenvalue weighted by atomic mass is 16.1. The minimum atomic E-state index is -0.140. The third-order valence-corrected chi connectivity index (χ3v) is 8.00. The number of aryl methyl sites for hydroxylation is 2. The first kappa shape index (κ1) is 23.9. The Balaban J connectivity index is 2.02. The van der Waals surface area contributed by atoms with E-state index in [-0.39, 0.29) is 11.1 Å². The van der Waals surface area contributed by atoms with Gasteiger partial charge in [-0.15, -0.1) is 0 Å². The zero-order valence-corrected chi connectivity index (χ0v) is 22.3. The zero-order valence-electron chi connectivity index (χ0n) is 22.3. The average Bonchev–Trinajstić information content (AvgIpc) is 3.02.